The first-order valence-electron chi connectivity index (χ1n) is 5.51. The second-order valence-electron chi connectivity index (χ2n) is 4.23. The molecule has 2 atom stereocenters. The molecule has 1 heterocycles. The van der Waals surface area contributed by atoms with E-state index in [2.05, 4.69) is 29.6 Å². The predicted molar refractivity (Wildman–Crippen MR) is 71.5 cm³/mol. The standard InChI is InChI=1S/C14H11Cl2N/c15-11-5-1-9(2-6-11)13-14(17-13)10-3-7-12(16)8-4-10/h1-8,13-14,17H. The molecule has 0 radical (unpaired) electrons. The van der Waals surface area contributed by atoms with E-state index in [1.165, 1.54) is 11.1 Å². The molecule has 0 saturated carbocycles. The van der Waals surface area contributed by atoms with E-state index in [0.29, 0.717) is 12.1 Å². The molecule has 0 aliphatic carbocycles. The van der Waals surface area contributed by atoms with Crippen LogP contribution in [0, 0.1) is 0 Å². The molecule has 2 aromatic rings. The largest absolute Gasteiger partial charge is 0.300 e. The topological polar surface area (TPSA) is 21.9 Å². The van der Waals surface area contributed by atoms with Crippen LogP contribution in [-0.4, -0.2) is 0 Å². The lowest BCUT2D eigenvalue weighted by Gasteiger charge is -1.99. The Hall–Kier alpha value is -1.02. The van der Waals surface area contributed by atoms with E-state index in [-0.39, 0.29) is 0 Å². The number of nitrogens with one attached hydrogen (secondary N) is 1. The van der Waals surface area contributed by atoms with Gasteiger partial charge >= 0.3 is 0 Å². The van der Waals surface area contributed by atoms with Gasteiger partial charge in [-0.25, -0.2) is 0 Å². The molecule has 1 aliphatic rings. The fourth-order valence-corrected chi connectivity index (χ4v) is 2.31. The van der Waals surface area contributed by atoms with Crippen molar-refractivity contribution >= 4 is 23.2 Å². The molecule has 0 bridgehead atoms. The van der Waals surface area contributed by atoms with Crippen LogP contribution in [0.1, 0.15) is 23.2 Å². The third-order valence-corrected chi connectivity index (χ3v) is 3.55. The summed E-state index contributed by atoms with van der Waals surface area (Å²) in [7, 11) is 0. The Morgan fingerprint density at radius 3 is 1.35 bits per heavy atom. The van der Waals surface area contributed by atoms with Gasteiger partial charge in [-0.2, -0.15) is 0 Å². The minimum atomic E-state index is 0.397. The highest BCUT2D eigenvalue weighted by atomic mass is 35.5. The Labute approximate surface area is 110 Å². The van der Waals surface area contributed by atoms with Gasteiger partial charge in [-0.3, -0.25) is 5.32 Å². The van der Waals surface area contributed by atoms with Gasteiger partial charge in [0.25, 0.3) is 0 Å². The third kappa shape index (κ3) is 2.32. The van der Waals surface area contributed by atoms with Gasteiger partial charge in [0, 0.05) is 10.0 Å². The van der Waals surface area contributed by atoms with Gasteiger partial charge < -0.3 is 0 Å². The molecule has 0 spiro atoms. The van der Waals surface area contributed by atoms with Crippen molar-refractivity contribution in [2.75, 3.05) is 0 Å². The molecule has 86 valence electrons. The maximum atomic E-state index is 5.87. The average molecular weight is 264 g/mol. The van der Waals surface area contributed by atoms with Crippen LogP contribution < -0.4 is 5.32 Å². The maximum Gasteiger partial charge on any atom is 0.0523 e. The number of rotatable bonds is 2. The summed E-state index contributed by atoms with van der Waals surface area (Å²) in [5.41, 5.74) is 2.55. The Kier molecular flexibility index (Phi) is 2.83. The maximum absolute atomic E-state index is 5.87. The molecule has 1 saturated heterocycles. The van der Waals surface area contributed by atoms with Crippen molar-refractivity contribution in [1.82, 2.24) is 5.32 Å². The first-order valence-corrected chi connectivity index (χ1v) is 6.26. The van der Waals surface area contributed by atoms with Crippen LogP contribution in [-0.2, 0) is 0 Å². The predicted octanol–water partition coefficient (Wildman–Crippen LogP) is 4.38. The quantitative estimate of drug-likeness (QED) is 0.799. The smallest absolute Gasteiger partial charge is 0.0523 e. The van der Waals surface area contributed by atoms with Crippen molar-refractivity contribution in [3.8, 4) is 0 Å². The fourth-order valence-electron chi connectivity index (χ4n) is 2.06. The summed E-state index contributed by atoms with van der Waals surface area (Å²) >= 11 is 11.7. The van der Waals surface area contributed by atoms with E-state index in [4.69, 9.17) is 23.2 Å². The molecule has 3 rings (SSSR count). The van der Waals surface area contributed by atoms with E-state index >= 15 is 0 Å². The number of hydrogen-bond acceptors (Lipinski definition) is 1. The van der Waals surface area contributed by atoms with Gasteiger partial charge in [0.1, 0.15) is 0 Å². The summed E-state index contributed by atoms with van der Waals surface area (Å²) in [6.45, 7) is 0. The number of halogens is 2. The van der Waals surface area contributed by atoms with Gasteiger partial charge in [0.05, 0.1) is 12.1 Å². The van der Waals surface area contributed by atoms with Crippen molar-refractivity contribution in [2.24, 2.45) is 0 Å². The number of benzene rings is 2. The Balaban J connectivity index is 1.78. The van der Waals surface area contributed by atoms with Crippen molar-refractivity contribution in [3.05, 3.63) is 69.7 Å². The van der Waals surface area contributed by atoms with Crippen molar-refractivity contribution in [2.45, 2.75) is 12.1 Å². The normalized spacial score (nSPS) is 22.5. The Morgan fingerprint density at radius 2 is 1.00 bits per heavy atom. The molecule has 2 unspecified atom stereocenters. The van der Waals surface area contributed by atoms with Crippen LogP contribution in [0.5, 0.6) is 0 Å². The minimum absolute atomic E-state index is 0.397. The summed E-state index contributed by atoms with van der Waals surface area (Å²) in [6.07, 6.45) is 0. The highest BCUT2D eigenvalue weighted by Crippen LogP contribution is 2.42. The molecule has 1 fully saturated rings. The monoisotopic (exact) mass is 263 g/mol. The SMILES string of the molecule is Clc1ccc(C2NC2c2ccc(Cl)cc2)cc1. The average Bonchev–Trinajstić information content (AvgIpc) is 3.11. The fraction of sp³-hybridized carbons (Fsp3) is 0.143. The summed E-state index contributed by atoms with van der Waals surface area (Å²) in [5.74, 6) is 0. The molecule has 1 aliphatic heterocycles. The molecule has 2 aromatic carbocycles. The number of hydrogen-bond donors (Lipinski definition) is 1. The lowest BCUT2D eigenvalue weighted by Crippen LogP contribution is -1.84. The third-order valence-electron chi connectivity index (χ3n) is 3.04. The first kappa shape index (κ1) is 11.1. The van der Waals surface area contributed by atoms with E-state index in [1.807, 2.05) is 24.3 Å². The van der Waals surface area contributed by atoms with Gasteiger partial charge in [0.2, 0.25) is 0 Å². The van der Waals surface area contributed by atoms with Crippen LogP contribution in [0.2, 0.25) is 10.0 Å². The lowest BCUT2D eigenvalue weighted by molar-refractivity contribution is 1.03. The summed E-state index contributed by atoms with van der Waals surface area (Å²) < 4.78 is 0. The second kappa shape index (κ2) is 4.34. The van der Waals surface area contributed by atoms with Gasteiger partial charge in [-0.05, 0) is 35.4 Å². The highest BCUT2D eigenvalue weighted by molar-refractivity contribution is 6.30. The zero-order chi connectivity index (χ0) is 11.8. The van der Waals surface area contributed by atoms with Crippen molar-refractivity contribution in [3.63, 3.8) is 0 Å². The van der Waals surface area contributed by atoms with Crippen molar-refractivity contribution < 1.29 is 0 Å². The van der Waals surface area contributed by atoms with Crippen LogP contribution >= 0.6 is 23.2 Å². The first-order chi connectivity index (χ1) is 8.24. The minimum Gasteiger partial charge on any atom is -0.300 e. The zero-order valence-electron chi connectivity index (χ0n) is 9.03. The van der Waals surface area contributed by atoms with E-state index in [1.54, 1.807) is 0 Å². The highest BCUT2D eigenvalue weighted by Gasteiger charge is 2.38. The molecule has 1 nitrogen and oxygen atoms in total. The molecular formula is C14H11Cl2N. The Bertz CT molecular complexity index is 469. The summed E-state index contributed by atoms with van der Waals surface area (Å²) in [4.78, 5) is 0. The van der Waals surface area contributed by atoms with Gasteiger partial charge in [-0.15, -0.1) is 0 Å². The molecule has 17 heavy (non-hydrogen) atoms. The van der Waals surface area contributed by atoms with Crippen molar-refractivity contribution in [1.29, 1.82) is 0 Å². The van der Waals surface area contributed by atoms with Gasteiger partial charge in [-0.1, -0.05) is 47.5 Å². The molecule has 0 aromatic heterocycles. The lowest BCUT2D eigenvalue weighted by atomic mass is 10.0. The molecule has 3 heteroatoms. The second-order valence-corrected chi connectivity index (χ2v) is 5.10. The van der Waals surface area contributed by atoms with Crippen LogP contribution in [0.15, 0.2) is 48.5 Å². The van der Waals surface area contributed by atoms with Crippen LogP contribution in [0.3, 0.4) is 0 Å². The summed E-state index contributed by atoms with van der Waals surface area (Å²) in [5, 5.41) is 5.00. The van der Waals surface area contributed by atoms with E-state index in [9.17, 15) is 0 Å². The molecule has 0 amide bonds. The van der Waals surface area contributed by atoms with Crippen LogP contribution in [0.25, 0.3) is 0 Å². The zero-order valence-corrected chi connectivity index (χ0v) is 10.5. The molecule has 1 N–H and O–H groups in total. The van der Waals surface area contributed by atoms with E-state index < -0.39 is 0 Å². The molecular weight excluding hydrogens is 253 g/mol. The Morgan fingerprint density at radius 1 is 0.647 bits per heavy atom. The van der Waals surface area contributed by atoms with Crippen LogP contribution in [0.4, 0.5) is 0 Å². The van der Waals surface area contributed by atoms with E-state index in [0.717, 1.165) is 10.0 Å². The van der Waals surface area contributed by atoms with Gasteiger partial charge in [0.15, 0.2) is 0 Å². The summed E-state index contributed by atoms with van der Waals surface area (Å²) in [6, 6.07) is 16.8.